The van der Waals surface area contributed by atoms with Crippen molar-refractivity contribution >= 4 is 5.69 Å². The number of alkyl halides is 10. The minimum Gasteiger partial charge on any atom is -0.292 e. The van der Waals surface area contributed by atoms with Crippen molar-refractivity contribution in [3.8, 4) is 0 Å². The van der Waals surface area contributed by atoms with E-state index in [4.69, 9.17) is 0 Å². The standard InChI is InChI=1S/C16H5F12N/c17-7-8(18)10(20,21)11(22)9(7,19)12(23)14(25,26)13(11,24)16(28)15(12,27)29(16)6-4-2-1-3-5-6/h1-5H/t9-,11-,12-,13+,15-,16+,29?/m0/s1. The van der Waals surface area contributed by atoms with Crippen LogP contribution in [0.5, 0.6) is 0 Å². The van der Waals surface area contributed by atoms with Gasteiger partial charge in [-0.1, -0.05) is 18.2 Å². The molecule has 1 aromatic rings. The summed E-state index contributed by atoms with van der Waals surface area (Å²) < 4.78 is 177. The molecule has 4 aliphatic rings. The number of nitrogens with zero attached hydrogens (tertiary/aromatic N) is 1. The number of benzene rings is 1. The van der Waals surface area contributed by atoms with Crippen molar-refractivity contribution < 1.29 is 52.7 Å². The molecule has 1 aliphatic heterocycles. The smallest absolute Gasteiger partial charge is 0.292 e. The fraction of sp³-hybridized carbons (Fsp3) is 0.500. The zero-order valence-corrected chi connectivity index (χ0v) is 13.4. The van der Waals surface area contributed by atoms with E-state index in [2.05, 4.69) is 0 Å². The molecule has 0 radical (unpaired) electrons. The van der Waals surface area contributed by atoms with E-state index in [1.807, 2.05) is 0 Å². The largest absolute Gasteiger partial charge is 0.342 e. The van der Waals surface area contributed by atoms with Crippen molar-refractivity contribution in [2.45, 2.75) is 46.1 Å². The Bertz CT molecular complexity index is 1010. The summed E-state index contributed by atoms with van der Waals surface area (Å²) in [5, 5.41) is 0. The summed E-state index contributed by atoms with van der Waals surface area (Å²) in [5.74, 6) is -30.9. The van der Waals surface area contributed by atoms with Crippen LogP contribution in [-0.4, -0.2) is 46.1 Å². The number of anilines is 1. The van der Waals surface area contributed by atoms with Gasteiger partial charge in [0.15, 0.2) is 5.83 Å². The zero-order chi connectivity index (χ0) is 21.8. The topological polar surface area (TPSA) is 3.01 Å². The van der Waals surface area contributed by atoms with E-state index < -0.39 is 68.3 Å². The van der Waals surface area contributed by atoms with Crippen LogP contribution in [0.15, 0.2) is 42.0 Å². The second kappa shape index (κ2) is 4.07. The van der Waals surface area contributed by atoms with Gasteiger partial charge in [-0.2, -0.15) is 17.6 Å². The monoisotopic (exact) mass is 439 g/mol. The summed E-state index contributed by atoms with van der Waals surface area (Å²) in [6.07, 6.45) is 0. The molecule has 3 fully saturated rings. The molecular weight excluding hydrogens is 434 g/mol. The Morgan fingerprint density at radius 2 is 1.07 bits per heavy atom. The molecule has 13 heteroatoms. The lowest BCUT2D eigenvalue weighted by Gasteiger charge is -2.42. The van der Waals surface area contributed by atoms with Crippen LogP contribution in [-0.2, 0) is 0 Å². The Balaban J connectivity index is 1.92. The van der Waals surface area contributed by atoms with Gasteiger partial charge in [0, 0.05) is 5.69 Å². The van der Waals surface area contributed by atoms with Crippen LogP contribution in [0.3, 0.4) is 0 Å². The highest BCUT2D eigenvalue weighted by molar-refractivity contribution is 5.78. The molecular formula is C16H5F12N. The first-order valence-corrected chi connectivity index (χ1v) is 7.85. The van der Waals surface area contributed by atoms with E-state index in [0.29, 0.717) is 12.1 Å². The molecule has 29 heavy (non-hydrogen) atoms. The molecule has 0 N–H and O–H groups in total. The summed E-state index contributed by atoms with van der Waals surface area (Å²) in [6, 6.07) is 4.46. The first-order valence-electron chi connectivity index (χ1n) is 7.85. The summed E-state index contributed by atoms with van der Waals surface area (Å²) >= 11 is 0. The average Bonchev–Trinajstić information content (AvgIpc) is 3.12. The maximum Gasteiger partial charge on any atom is 0.342 e. The fourth-order valence-corrected chi connectivity index (χ4v) is 5.20. The Labute approximate surface area is 152 Å². The number of allylic oxidation sites excluding steroid dienone is 2. The van der Waals surface area contributed by atoms with Crippen LogP contribution < -0.4 is 4.90 Å². The molecule has 2 saturated carbocycles. The van der Waals surface area contributed by atoms with Gasteiger partial charge in [0.2, 0.25) is 5.83 Å². The molecule has 6 atom stereocenters. The fourth-order valence-electron chi connectivity index (χ4n) is 5.20. The third-order valence-electron chi connectivity index (χ3n) is 6.43. The Morgan fingerprint density at radius 3 is 1.59 bits per heavy atom. The normalized spacial score (nSPS) is 53.3. The molecule has 1 saturated heterocycles. The summed E-state index contributed by atoms with van der Waals surface area (Å²) in [5.41, 5.74) is -26.2. The summed E-state index contributed by atoms with van der Waals surface area (Å²) in [7, 11) is 0. The molecule has 2 bridgehead atoms. The molecule has 0 unspecified atom stereocenters. The Morgan fingerprint density at radius 1 is 0.586 bits per heavy atom. The lowest BCUT2D eigenvalue weighted by molar-refractivity contribution is -0.264. The van der Waals surface area contributed by atoms with Gasteiger partial charge >= 0.3 is 11.8 Å². The number of hydrogen-bond donors (Lipinski definition) is 0. The van der Waals surface area contributed by atoms with Crippen molar-refractivity contribution in [3.63, 3.8) is 0 Å². The second-order valence-corrected chi connectivity index (χ2v) is 7.33. The first kappa shape index (κ1) is 18.9. The predicted molar refractivity (Wildman–Crippen MR) is 71.1 cm³/mol. The molecule has 3 aliphatic carbocycles. The highest BCUT2D eigenvalue weighted by atomic mass is 19.3. The molecule has 0 spiro atoms. The van der Waals surface area contributed by atoms with Crippen LogP contribution in [0.4, 0.5) is 58.4 Å². The van der Waals surface area contributed by atoms with Crippen LogP contribution in [0.2, 0.25) is 0 Å². The van der Waals surface area contributed by atoms with Gasteiger partial charge in [0.25, 0.3) is 34.3 Å². The predicted octanol–water partition coefficient (Wildman–Crippen LogP) is 5.13. The van der Waals surface area contributed by atoms with E-state index in [0.717, 1.165) is 12.1 Å². The minimum atomic E-state index is -6.50. The van der Waals surface area contributed by atoms with Crippen LogP contribution >= 0.6 is 0 Å². The molecule has 1 aromatic carbocycles. The van der Waals surface area contributed by atoms with Gasteiger partial charge in [-0.3, -0.25) is 4.90 Å². The number of piperidine rings is 1. The summed E-state index contributed by atoms with van der Waals surface area (Å²) in [4.78, 5) is -0.848. The number of hydrogen-bond acceptors (Lipinski definition) is 1. The number of fused-ring (bicyclic) bond motifs is 8. The lowest BCUT2D eigenvalue weighted by Crippen LogP contribution is -2.73. The van der Waals surface area contributed by atoms with Crippen molar-refractivity contribution in [1.29, 1.82) is 0 Å². The Kier molecular flexibility index (Phi) is 2.65. The first-order chi connectivity index (χ1) is 13.0. The van der Waals surface area contributed by atoms with E-state index in [1.165, 1.54) is 6.07 Å². The number of para-hydroxylation sites is 1. The maximum atomic E-state index is 15.4. The van der Waals surface area contributed by atoms with E-state index in [1.54, 1.807) is 0 Å². The van der Waals surface area contributed by atoms with Crippen LogP contribution in [0, 0.1) is 0 Å². The minimum absolute atomic E-state index is 0.668. The highest BCUT2D eigenvalue weighted by Crippen LogP contribution is 2.93. The second-order valence-electron chi connectivity index (χ2n) is 7.33. The average molecular weight is 439 g/mol. The maximum absolute atomic E-state index is 15.4. The molecule has 0 aromatic heterocycles. The molecule has 1 nitrogen and oxygen atoms in total. The van der Waals surface area contributed by atoms with Crippen molar-refractivity contribution in [1.82, 2.24) is 0 Å². The van der Waals surface area contributed by atoms with Gasteiger partial charge in [-0.05, 0) is 12.1 Å². The Hall–Kier alpha value is -2.08. The molecule has 5 rings (SSSR count). The van der Waals surface area contributed by atoms with Crippen molar-refractivity contribution in [2.75, 3.05) is 4.90 Å². The van der Waals surface area contributed by atoms with Gasteiger partial charge < -0.3 is 0 Å². The van der Waals surface area contributed by atoms with E-state index >= 15 is 26.3 Å². The van der Waals surface area contributed by atoms with E-state index in [-0.39, 0.29) is 0 Å². The van der Waals surface area contributed by atoms with Crippen molar-refractivity contribution in [3.05, 3.63) is 42.0 Å². The van der Waals surface area contributed by atoms with Gasteiger partial charge in [0.1, 0.15) is 0 Å². The van der Waals surface area contributed by atoms with Gasteiger partial charge in [-0.15, -0.1) is 0 Å². The van der Waals surface area contributed by atoms with Crippen LogP contribution in [0.25, 0.3) is 0 Å². The van der Waals surface area contributed by atoms with E-state index in [9.17, 15) is 26.3 Å². The quantitative estimate of drug-likeness (QED) is 0.333. The number of rotatable bonds is 1. The zero-order valence-electron chi connectivity index (χ0n) is 13.4. The number of halogens is 12. The van der Waals surface area contributed by atoms with Gasteiger partial charge in [-0.25, -0.2) is 35.1 Å². The molecule has 0 amide bonds. The molecule has 158 valence electrons. The third kappa shape index (κ3) is 1.08. The third-order valence-corrected chi connectivity index (χ3v) is 6.43. The lowest BCUT2D eigenvalue weighted by atomic mass is 9.70. The highest BCUT2D eigenvalue weighted by Gasteiger charge is 3.25. The van der Waals surface area contributed by atoms with Gasteiger partial charge in [0.05, 0.1) is 0 Å². The SMILES string of the molecule is FC1=C(F)[C@@]2(F)[C@]3(F)C(F)(F)[C@@](F)([C@@]4(F)N(c5ccccc5)[C@]43F)[C@@]2(F)C1(F)F. The summed E-state index contributed by atoms with van der Waals surface area (Å²) in [6.45, 7) is 0. The molecule has 1 heterocycles. The van der Waals surface area contributed by atoms with Crippen LogP contribution in [0.1, 0.15) is 0 Å². The van der Waals surface area contributed by atoms with Crippen molar-refractivity contribution in [2.24, 2.45) is 0 Å².